The molecule has 3 atom stereocenters. The first-order valence-electron chi connectivity index (χ1n) is 7.14. The Balaban J connectivity index is 1.87. The second-order valence-electron chi connectivity index (χ2n) is 5.98. The molecule has 2 heterocycles. The van der Waals surface area contributed by atoms with Gasteiger partial charge in [-0.25, -0.2) is 0 Å². The van der Waals surface area contributed by atoms with Crippen molar-refractivity contribution in [2.75, 3.05) is 19.7 Å². The Morgan fingerprint density at radius 3 is 2.79 bits per heavy atom. The van der Waals surface area contributed by atoms with Crippen molar-refractivity contribution in [3.8, 4) is 0 Å². The lowest BCUT2D eigenvalue weighted by Gasteiger charge is -2.35. The van der Waals surface area contributed by atoms with Gasteiger partial charge in [0.15, 0.2) is 0 Å². The Bertz CT molecular complexity index is 357. The van der Waals surface area contributed by atoms with Crippen LogP contribution in [-0.4, -0.2) is 48.6 Å². The van der Waals surface area contributed by atoms with E-state index >= 15 is 0 Å². The molecular formula is C14H24N2O3. The van der Waals surface area contributed by atoms with Crippen molar-refractivity contribution in [1.29, 1.82) is 0 Å². The summed E-state index contributed by atoms with van der Waals surface area (Å²) >= 11 is 0. The fourth-order valence-electron chi connectivity index (χ4n) is 3.15. The first kappa shape index (κ1) is 14.3. The molecule has 2 saturated heterocycles. The highest BCUT2D eigenvalue weighted by Crippen LogP contribution is 2.35. The van der Waals surface area contributed by atoms with E-state index in [1.807, 2.05) is 18.7 Å². The minimum absolute atomic E-state index is 0.0258. The van der Waals surface area contributed by atoms with Crippen LogP contribution in [0.4, 0.5) is 0 Å². The molecule has 2 aliphatic rings. The van der Waals surface area contributed by atoms with Gasteiger partial charge in [0, 0.05) is 32.0 Å². The van der Waals surface area contributed by atoms with Crippen LogP contribution in [0.15, 0.2) is 0 Å². The number of piperidine rings is 1. The standard InChI is InChI=1S/C14H24N2O3/c1-9(2)15-14(18)6-13-12-4-5-16(10(3)17)7-11(12)8-19-13/h9,11-13H,4-8H2,1-3H3,(H,15,18)/t11-,12-,13+/m1/s1. The first-order valence-corrected chi connectivity index (χ1v) is 7.14. The molecule has 0 aromatic heterocycles. The summed E-state index contributed by atoms with van der Waals surface area (Å²) in [5.41, 5.74) is 0. The van der Waals surface area contributed by atoms with Crippen molar-refractivity contribution in [3.63, 3.8) is 0 Å². The molecule has 2 aliphatic heterocycles. The second kappa shape index (κ2) is 5.90. The molecule has 0 spiro atoms. The van der Waals surface area contributed by atoms with E-state index in [1.54, 1.807) is 6.92 Å². The number of fused-ring (bicyclic) bond motifs is 1. The molecule has 0 unspecified atom stereocenters. The number of nitrogens with one attached hydrogen (secondary N) is 1. The summed E-state index contributed by atoms with van der Waals surface area (Å²) in [5.74, 6) is 1.03. The molecule has 0 aromatic rings. The van der Waals surface area contributed by atoms with E-state index < -0.39 is 0 Å². The maximum Gasteiger partial charge on any atom is 0.222 e. The Morgan fingerprint density at radius 2 is 2.16 bits per heavy atom. The van der Waals surface area contributed by atoms with Crippen LogP contribution in [-0.2, 0) is 14.3 Å². The third-order valence-corrected chi connectivity index (χ3v) is 4.08. The van der Waals surface area contributed by atoms with Crippen molar-refractivity contribution in [1.82, 2.24) is 10.2 Å². The van der Waals surface area contributed by atoms with Crippen LogP contribution in [0.3, 0.4) is 0 Å². The van der Waals surface area contributed by atoms with E-state index in [1.165, 1.54) is 0 Å². The topological polar surface area (TPSA) is 58.6 Å². The number of carbonyl (C=O) groups excluding carboxylic acids is 2. The summed E-state index contributed by atoms with van der Waals surface area (Å²) in [7, 11) is 0. The van der Waals surface area contributed by atoms with Gasteiger partial charge in [0.2, 0.25) is 11.8 Å². The molecule has 5 nitrogen and oxygen atoms in total. The highest BCUT2D eigenvalue weighted by Gasteiger charge is 2.41. The van der Waals surface area contributed by atoms with Crippen LogP contribution in [0.2, 0.25) is 0 Å². The van der Waals surface area contributed by atoms with Crippen molar-refractivity contribution in [2.24, 2.45) is 11.8 Å². The molecule has 108 valence electrons. The zero-order valence-corrected chi connectivity index (χ0v) is 12.0. The molecule has 5 heteroatoms. The smallest absolute Gasteiger partial charge is 0.222 e. The largest absolute Gasteiger partial charge is 0.377 e. The van der Waals surface area contributed by atoms with Crippen LogP contribution in [0.1, 0.15) is 33.6 Å². The highest BCUT2D eigenvalue weighted by atomic mass is 16.5. The van der Waals surface area contributed by atoms with Gasteiger partial charge in [-0.15, -0.1) is 0 Å². The number of rotatable bonds is 3. The van der Waals surface area contributed by atoms with E-state index in [2.05, 4.69) is 5.32 Å². The van der Waals surface area contributed by atoms with Gasteiger partial charge in [0.25, 0.3) is 0 Å². The molecule has 1 N–H and O–H groups in total. The van der Waals surface area contributed by atoms with Gasteiger partial charge in [-0.2, -0.15) is 0 Å². The van der Waals surface area contributed by atoms with Gasteiger partial charge in [0.05, 0.1) is 19.1 Å². The molecular weight excluding hydrogens is 244 g/mol. The third kappa shape index (κ3) is 3.47. The van der Waals surface area contributed by atoms with Gasteiger partial charge in [-0.1, -0.05) is 0 Å². The second-order valence-corrected chi connectivity index (χ2v) is 5.98. The Kier molecular flexibility index (Phi) is 4.45. The van der Waals surface area contributed by atoms with E-state index in [-0.39, 0.29) is 24.0 Å². The van der Waals surface area contributed by atoms with Crippen LogP contribution >= 0.6 is 0 Å². The van der Waals surface area contributed by atoms with Crippen LogP contribution in [0, 0.1) is 11.8 Å². The van der Waals surface area contributed by atoms with E-state index in [0.717, 1.165) is 19.5 Å². The van der Waals surface area contributed by atoms with Gasteiger partial charge in [0.1, 0.15) is 0 Å². The molecule has 2 fully saturated rings. The number of carbonyl (C=O) groups is 2. The molecule has 2 rings (SSSR count). The Labute approximate surface area is 114 Å². The van der Waals surface area contributed by atoms with Gasteiger partial charge < -0.3 is 15.0 Å². The monoisotopic (exact) mass is 268 g/mol. The highest BCUT2D eigenvalue weighted by molar-refractivity contribution is 5.76. The minimum Gasteiger partial charge on any atom is -0.377 e. The summed E-state index contributed by atoms with van der Waals surface area (Å²) in [5, 5.41) is 2.91. The number of nitrogens with zero attached hydrogens (tertiary/aromatic N) is 1. The van der Waals surface area contributed by atoms with Crippen LogP contribution in [0.5, 0.6) is 0 Å². The molecule has 0 aliphatic carbocycles. The molecule has 0 saturated carbocycles. The summed E-state index contributed by atoms with van der Waals surface area (Å²) in [6, 6.07) is 0.171. The molecule has 0 aromatic carbocycles. The lowest BCUT2D eigenvalue weighted by Crippen LogP contribution is -2.44. The van der Waals surface area contributed by atoms with E-state index in [9.17, 15) is 9.59 Å². The zero-order valence-electron chi connectivity index (χ0n) is 12.0. The number of ether oxygens (including phenoxy) is 1. The quantitative estimate of drug-likeness (QED) is 0.823. The fraction of sp³-hybridized carbons (Fsp3) is 0.857. The maximum atomic E-state index is 11.8. The summed E-state index contributed by atoms with van der Waals surface area (Å²) < 4.78 is 5.78. The number of amides is 2. The van der Waals surface area contributed by atoms with Crippen molar-refractivity contribution in [2.45, 2.75) is 45.8 Å². The van der Waals surface area contributed by atoms with Crippen LogP contribution < -0.4 is 5.32 Å². The predicted molar refractivity (Wildman–Crippen MR) is 71.5 cm³/mol. The van der Waals surface area contributed by atoms with Gasteiger partial charge in [-0.05, 0) is 26.2 Å². The molecule has 19 heavy (non-hydrogen) atoms. The van der Waals surface area contributed by atoms with Gasteiger partial charge >= 0.3 is 0 Å². The van der Waals surface area contributed by atoms with E-state index in [4.69, 9.17) is 4.74 Å². The van der Waals surface area contributed by atoms with Crippen LogP contribution in [0.25, 0.3) is 0 Å². The lowest BCUT2D eigenvalue weighted by atomic mass is 9.83. The molecule has 0 radical (unpaired) electrons. The van der Waals surface area contributed by atoms with Crippen molar-refractivity contribution >= 4 is 11.8 Å². The van der Waals surface area contributed by atoms with E-state index in [0.29, 0.717) is 24.9 Å². The first-order chi connectivity index (χ1) is 8.97. The van der Waals surface area contributed by atoms with Crippen molar-refractivity contribution < 1.29 is 14.3 Å². The molecule has 2 amide bonds. The Morgan fingerprint density at radius 1 is 1.42 bits per heavy atom. The predicted octanol–water partition coefficient (Wildman–Crippen LogP) is 0.785. The average Bonchev–Trinajstić information content (AvgIpc) is 2.70. The summed E-state index contributed by atoms with van der Waals surface area (Å²) in [4.78, 5) is 25.1. The lowest BCUT2D eigenvalue weighted by molar-refractivity contribution is -0.131. The number of likely N-dealkylation sites (tertiary alicyclic amines) is 1. The minimum atomic E-state index is 0.0258. The normalized spacial score (nSPS) is 30.3. The Hall–Kier alpha value is -1.10. The zero-order chi connectivity index (χ0) is 14.0. The summed E-state index contributed by atoms with van der Waals surface area (Å²) in [6.45, 7) is 7.78. The SMILES string of the molecule is CC(=O)N1CC[C@@H]2[C@@H](CO[C@H]2CC(=O)NC(C)C)C1. The number of hydrogen-bond donors (Lipinski definition) is 1. The third-order valence-electron chi connectivity index (χ3n) is 4.08. The van der Waals surface area contributed by atoms with Gasteiger partial charge in [-0.3, -0.25) is 9.59 Å². The fourth-order valence-corrected chi connectivity index (χ4v) is 3.15. The number of hydrogen-bond acceptors (Lipinski definition) is 3. The maximum absolute atomic E-state index is 11.8. The average molecular weight is 268 g/mol. The van der Waals surface area contributed by atoms with Crippen molar-refractivity contribution in [3.05, 3.63) is 0 Å². The molecule has 0 bridgehead atoms. The summed E-state index contributed by atoms with van der Waals surface area (Å²) in [6.07, 6.45) is 1.42.